The Balaban J connectivity index is 1.78. The van der Waals surface area contributed by atoms with Crippen molar-refractivity contribution in [2.75, 3.05) is 0 Å². The van der Waals surface area contributed by atoms with Crippen LogP contribution in [0.2, 0.25) is 0 Å². The summed E-state index contributed by atoms with van der Waals surface area (Å²) in [4.78, 5) is 0. The van der Waals surface area contributed by atoms with Crippen LogP contribution in [0.15, 0.2) is 77.4 Å². The second kappa shape index (κ2) is 5.39. The number of halogens is 1. The van der Waals surface area contributed by atoms with E-state index in [-0.39, 0.29) is 0 Å². The molecule has 0 saturated heterocycles. The highest BCUT2D eigenvalue weighted by molar-refractivity contribution is 9.10. The van der Waals surface area contributed by atoms with E-state index in [2.05, 4.69) is 62.6 Å². The van der Waals surface area contributed by atoms with Crippen molar-refractivity contribution < 1.29 is 0 Å². The van der Waals surface area contributed by atoms with Gasteiger partial charge >= 0.3 is 0 Å². The van der Waals surface area contributed by atoms with Gasteiger partial charge < -0.3 is 0 Å². The largest absolute Gasteiger partial charge is 0.206 e. The van der Waals surface area contributed by atoms with Gasteiger partial charge in [-0.2, -0.15) is 0 Å². The Morgan fingerprint density at radius 1 is 0.682 bits per heavy atom. The van der Waals surface area contributed by atoms with Crippen molar-refractivity contribution in [3.63, 3.8) is 0 Å². The molecule has 2 heterocycles. The summed E-state index contributed by atoms with van der Waals surface area (Å²) in [7, 11) is 0. The Morgan fingerprint density at radius 3 is 2.14 bits per heavy atom. The van der Waals surface area contributed by atoms with Crippen LogP contribution in [0.5, 0.6) is 0 Å². The molecule has 2 aromatic heterocycles. The number of aromatic nitrogens is 3. The molecular formula is C18H12BrN3. The summed E-state index contributed by atoms with van der Waals surface area (Å²) in [5.41, 5.74) is 5.35. The highest BCUT2D eigenvalue weighted by Gasteiger charge is 2.10. The minimum atomic E-state index is 0.890. The zero-order valence-corrected chi connectivity index (χ0v) is 13.2. The van der Waals surface area contributed by atoms with Crippen molar-refractivity contribution in [2.45, 2.75) is 0 Å². The predicted molar refractivity (Wildman–Crippen MR) is 91.6 cm³/mol. The molecule has 0 aliphatic rings. The van der Waals surface area contributed by atoms with Crippen molar-refractivity contribution in [1.29, 1.82) is 0 Å². The fourth-order valence-electron chi connectivity index (χ4n) is 2.54. The molecule has 0 spiro atoms. The van der Waals surface area contributed by atoms with E-state index in [1.165, 1.54) is 11.1 Å². The van der Waals surface area contributed by atoms with E-state index >= 15 is 0 Å². The van der Waals surface area contributed by atoms with Gasteiger partial charge in [-0.05, 0) is 39.2 Å². The first kappa shape index (κ1) is 13.2. The molecule has 4 rings (SSSR count). The maximum atomic E-state index is 4.31. The Bertz CT molecular complexity index is 928. The minimum absolute atomic E-state index is 0.890. The summed E-state index contributed by atoms with van der Waals surface area (Å²) in [6, 6.07) is 24.7. The monoisotopic (exact) mass is 349 g/mol. The number of hydrogen-bond donors (Lipinski definition) is 0. The van der Waals surface area contributed by atoms with E-state index in [1.807, 2.05) is 36.4 Å². The molecule has 4 aromatic rings. The van der Waals surface area contributed by atoms with Gasteiger partial charge in [-0.1, -0.05) is 65.9 Å². The molecule has 0 aliphatic heterocycles. The number of pyridine rings is 1. The maximum Gasteiger partial charge on any atom is 0.120 e. The van der Waals surface area contributed by atoms with E-state index < -0.39 is 0 Å². The van der Waals surface area contributed by atoms with Crippen LogP contribution >= 0.6 is 15.9 Å². The Morgan fingerprint density at radius 2 is 1.36 bits per heavy atom. The van der Waals surface area contributed by atoms with Gasteiger partial charge in [0.1, 0.15) is 10.3 Å². The van der Waals surface area contributed by atoms with Gasteiger partial charge in [0.15, 0.2) is 0 Å². The number of benzene rings is 2. The summed E-state index contributed by atoms with van der Waals surface area (Å²) in [5.74, 6) is 0. The zero-order valence-electron chi connectivity index (χ0n) is 11.6. The molecule has 0 amide bonds. The Hall–Kier alpha value is -2.46. The summed E-state index contributed by atoms with van der Waals surface area (Å²) < 4.78 is 2.69. The highest BCUT2D eigenvalue weighted by atomic mass is 79.9. The first-order valence-electron chi connectivity index (χ1n) is 6.99. The van der Waals surface area contributed by atoms with E-state index in [4.69, 9.17) is 0 Å². The molecule has 0 saturated carbocycles. The summed E-state index contributed by atoms with van der Waals surface area (Å²) >= 11 is 3.49. The van der Waals surface area contributed by atoms with Crippen LogP contribution in [0.4, 0.5) is 0 Å². The molecule has 0 radical (unpaired) electrons. The average Bonchev–Trinajstić information content (AvgIpc) is 3.01. The van der Waals surface area contributed by atoms with Gasteiger partial charge in [-0.15, -0.1) is 5.10 Å². The molecule has 3 nitrogen and oxygen atoms in total. The first-order chi connectivity index (χ1) is 10.8. The molecule has 106 valence electrons. The van der Waals surface area contributed by atoms with Gasteiger partial charge in [0.2, 0.25) is 0 Å². The van der Waals surface area contributed by atoms with E-state index in [0.29, 0.717) is 0 Å². The molecule has 4 heteroatoms. The molecule has 2 aromatic carbocycles. The molecule has 0 N–H and O–H groups in total. The van der Waals surface area contributed by atoms with Crippen molar-refractivity contribution in [1.82, 2.24) is 14.8 Å². The number of hydrogen-bond acceptors (Lipinski definition) is 2. The molecule has 0 fully saturated rings. The van der Waals surface area contributed by atoms with Crippen molar-refractivity contribution in [3.8, 4) is 22.4 Å². The molecule has 0 unspecified atom stereocenters. The fourth-order valence-corrected chi connectivity index (χ4v) is 2.96. The Labute approximate surface area is 136 Å². The summed E-state index contributed by atoms with van der Waals surface area (Å²) in [6.45, 7) is 0. The van der Waals surface area contributed by atoms with Crippen molar-refractivity contribution in [3.05, 3.63) is 77.4 Å². The second-order valence-electron chi connectivity index (χ2n) is 5.03. The van der Waals surface area contributed by atoms with E-state index in [0.717, 1.165) is 21.4 Å². The second-order valence-corrected chi connectivity index (χ2v) is 5.84. The van der Waals surface area contributed by atoms with Crippen LogP contribution in [0.25, 0.3) is 27.9 Å². The lowest BCUT2D eigenvalue weighted by atomic mass is 10.0. The quantitative estimate of drug-likeness (QED) is 0.485. The normalized spacial score (nSPS) is 11.0. The molecule has 0 aliphatic carbocycles. The van der Waals surface area contributed by atoms with Crippen LogP contribution in [-0.2, 0) is 0 Å². The number of fused-ring (bicyclic) bond motifs is 1. The smallest absolute Gasteiger partial charge is 0.120 e. The fraction of sp³-hybridized carbons (Fsp3) is 0. The van der Waals surface area contributed by atoms with E-state index in [1.54, 1.807) is 4.52 Å². The topological polar surface area (TPSA) is 30.2 Å². The lowest BCUT2D eigenvalue weighted by molar-refractivity contribution is 0.840. The SMILES string of the molecule is Brc1cccc2c(-c3ccc(-c4ccccc4)cc3)nnn12. The third kappa shape index (κ3) is 2.22. The zero-order chi connectivity index (χ0) is 14.9. The highest BCUT2D eigenvalue weighted by Crippen LogP contribution is 2.27. The van der Waals surface area contributed by atoms with Gasteiger partial charge in [-0.25, -0.2) is 4.52 Å². The molecule has 0 bridgehead atoms. The predicted octanol–water partition coefficient (Wildman–Crippen LogP) is 4.83. The third-order valence-electron chi connectivity index (χ3n) is 3.66. The first-order valence-corrected chi connectivity index (χ1v) is 7.78. The van der Waals surface area contributed by atoms with Crippen LogP contribution in [0.1, 0.15) is 0 Å². The Kier molecular flexibility index (Phi) is 3.24. The third-order valence-corrected chi connectivity index (χ3v) is 4.26. The summed E-state index contributed by atoms with van der Waals surface area (Å²) in [5, 5.41) is 8.51. The number of nitrogens with zero attached hydrogens (tertiary/aromatic N) is 3. The molecular weight excluding hydrogens is 338 g/mol. The van der Waals surface area contributed by atoms with Crippen LogP contribution in [-0.4, -0.2) is 14.8 Å². The lowest BCUT2D eigenvalue weighted by Gasteiger charge is -2.03. The van der Waals surface area contributed by atoms with Gasteiger partial charge in [0.05, 0.1) is 5.52 Å². The standard InChI is InChI=1S/C18H12BrN3/c19-17-8-4-7-16-18(20-21-22(16)17)15-11-9-14(10-12-15)13-5-2-1-3-6-13/h1-12H. The van der Waals surface area contributed by atoms with Gasteiger partial charge in [0.25, 0.3) is 0 Å². The van der Waals surface area contributed by atoms with Gasteiger partial charge in [-0.3, -0.25) is 0 Å². The average molecular weight is 350 g/mol. The van der Waals surface area contributed by atoms with Crippen LogP contribution < -0.4 is 0 Å². The lowest BCUT2D eigenvalue weighted by Crippen LogP contribution is -1.88. The summed E-state index contributed by atoms with van der Waals surface area (Å²) in [6.07, 6.45) is 0. The van der Waals surface area contributed by atoms with Crippen molar-refractivity contribution in [2.24, 2.45) is 0 Å². The maximum absolute atomic E-state index is 4.31. The van der Waals surface area contributed by atoms with E-state index in [9.17, 15) is 0 Å². The molecule has 0 atom stereocenters. The minimum Gasteiger partial charge on any atom is -0.206 e. The molecule has 22 heavy (non-hydrogen) atoms. The van der Waals surface area contributed by atoms with Crippen LogP contribution in [0, 0.1) is 0 Å². The van der Waals surface area contributed by atoms with Crippen LogP contribution in [0.3, 0.4) is 0 Å². The number of rotatable bonds is 2. The van der Waals surface area contributed by atoms with Gasteiger partial charge in [0, 0.05) is 5.56 Å². The van der Waals surface area contributed by atoms with Crippen molar-refractivity contribution >= 4 is 21.4 Å².